The quantitative estimate of drug-likeness (QED) is 0.802. The summed E-state index contributed by atoms with van der Waals surface area (Å²) in [6.45, 7) is 2.95. The Morgan fingerprint density at radius 2 is 2.25 bits per heavy atom. The average molecular weight is 353 g/mol. The first kappa shape index (κ1) is 13.7. The van der Waals surface area contributed by atoms with Gasteiger partial charge in [-0.15, -0.1) is 12.4 Å². The summed E-state index contributed by atoms with van der Waals surface area (Å²) in [5, 5.41) is 6.02. The number of rotatable bonds is 2. The standard InChI is InChI=1S/C11H13IN2O.ClH/c1-7-6-8(12)2-3-9(7)14-11(15)10-4-5-13-10;/h2-3,6,10,13H,4-5H2,1H3,(H,14,15);1H/t10-;/m1./s1. The monoisotopic (exact) mass is 352 g/mol. The molecule has 1 aromatic carbocycles. The number of carbonyl (C=O) groups is 1. The molecule has 1 atom stereocenters. The van der Waals surface area contributed by atoms with Crippen LogP contribution >= 0.6 is 35.0 Å². The molecule has 16 heavy (non-hydrogen) atoms. The number of nitrogens with one attached hydrogen (secondary N) is 2. The number of amides is 1. The van der Waals surface area contributed by atoms with Gasteiger partial charge in [0.2, 0.25) is 5.91 Å². The minimum atomic E-state index is 0. The fraction of sp³-hybridized carbons (Fsp3) is 0.364. The van der Waals surface area contributed by atoms with Crippen molar-refractivity contribution in [2.45, 2.75) is 19.4 Å². The van der Waals surface area contributed by atoms with Gasteiger partial charge < -0.3 is 10.6 Å². The van der Waals surface area contributed by atoms with Crippen molar-refractivity contribution in [3.63, 3.8) is 0 Å². The molecular weight excluding hydrogens is 338 g/mol. The third-order valence-electron chi connectivity index (χ3n) is 2.59. The second-order valence-electron chi connectivity index (χ2n) is 3.74. The van der Waals surface area contributed by atoms with E-state index in [1.807, 2.05) is 19.1 Å². The first-order chi connectivity index (χ1) is 7.16. The van der Waals surface area contributed by atoms with E-state index in [0.717, 1.165) is 24.2 Å². The Kier molecular flexibility index (Phi) is 5.01. The Labute approximate surface area is 115 Å². The van der Waals surface area contributed by atoms with Gasteiger partial charge in [-0.3, -0.25) is 4.79 Å². The Morgan fingerprint density at radius 3 is 2.75 bits per heavy atom. The maximum Gasteiger partial charge on any atom is 0.241 e. The molecular formula is C11H14ClIN2O. The van der Waals surface area contributed by atoms with Crippen molar-refractivity contribution in [3.05, 3.63) is 27.3 Å². The Balaban J connectivity index is 0.00000128. The van der Waals surface area contributed by atoms with Gasteiger partial charge in [0.15, 0.2) is 0 Å². The van der Waals surface area contributed by atoms with E-state index in [1.165, 1.54) is 3.57 Å². The number of aryl methyl sites for hydroxylation is 1. The predicted octanol–water partition coefficient (Wildman–Crippen LogP) is 2.32. The smallest absolute Gasteiger partial charge is 0.241 e. The SMILES string of the molecule is Cc1cc(I)ccc1NC(=O)[C@H]1CCN1.Cl. The van der Waals surface area contributed by atoms with Crippen molar-refractivity contribution in [1.29, 1.82) is 0 Å². The summed E-state index contributed by atoms with van der Waals surface area (Å²) in [5.74, 6) is 0.0746. The van der Waals surface area contributed by atoms with E-state index in [0.29, 0.717) is 0 Å². The van der Waals surface area contributed by atoms with Crippen LogP contribution in [0.4, 0.5) is 5.69 Å². The zero-order valence-corrected chi connectivity index (χ0v) is 11.9. The molecule has 0 aromatic heterocycles. The van der Waals surface area contributed by atoms with Crippen LogP contribution in [0.1, 0.15) is 12.0 Å². The van der Waals surface area contributed by atoms with Crippen molar-refractivity contribution >= 4 is 46.6 Å². The van der Waals surface area contributed by atoms with E-state index in [9.17, 15) is 4.79 Å². The number of hydrogen-bond acceptors (Lipinski definition) is 2. The molecule has 5 heteroatoms. The molecule has 1 heterocycles. The topological polar surface area (TPSA) is 41.1 Å². The maximum absolute atomic E-state index is 11.7. The fourth-order valence-corrected chi connectivity index (χ4v) is 2.15. The lowest BCUT2D eigenvalue weighted by atomic mass is 10.1. The highest BCUT2D eigenvalue weighted by Crippen LogP contribution is 2.18. The van der Waals surface area contributed by atoms with E-state index in [2.05, 4.69) is 39.3 Å². The highest BCUT2D eigenvalue weighted by atomic mass is 127. The number of benzene rings is 1. The van der Waals surface area contributed by atoms with E-state index in [4.69, 9.17) is 0 Å². The lowest BCUT2D eigenvalue weighted by Crippen LogP contribution is -2.50. The second-order valence-corrected chi connectivity index (χ2v) is 4.99. The molecule has 0 aliphatic carbocycles. The molecule has 2 N–H and O–H groups in total. The summed E-state index contributed by atoms with van der Waals surface area (Å²) in [4.78, 5) is 11.7. The minimum absolute atomic E-state index is 0. The van der Waals surface area contributed by atoms with Crippen molar-refractivity contribution in [2.24, 2.45) is 0 Å². The summed E-state index contributed by atoms with van der Waals surface area (Å²) < 4.78 is 1.19. The molecule has 1 aliphatic heterocycles. The summed E-state index contributed by atoms with van der Waals surface area (Å²) in [7, 11) is 0. The Morgan fingerprint density at radius 1 is 1.56 bits per heavy atom. The molecule has 1 aliphatic rings. The third-order valence-corrected chi connectivity index (χ3v) is 3.26. The van der Waals surface area contributed by atoms with E-state index in [-0.39, 0.29) is 24.4 Å². The lowest BCUT2D eigenvalue weighted by molar-refractivity contribution is -0.119. The molecule has 0 saturated carbocycles. The minimum Gasteiger partial charge on any atom is -0.324 e. The van der Waals surface area contributed by atoms with E-state index in [1.54, 1.807) is 0 Å². The highest BCUT2D eigenvalue weighted by molar-refractivity contribution is 14.1. The second kappa shape index (κ2) is 5.84. The van der Waals surface area contributed by atoms with Crippen LogP contribution in [0.2, 0.25) is 0 Å². The predicted molar refractivity (Wildman–Crippen MR) is 76.2 cm³/mol. The first-order valence-electron chi connectivity index (χ1n) is 4.97. The van der Waals surface area contributed by atoms with Crippen molar-refractivity contribution in [1.82, 2.24) is 5.32 Å². The summed E-state index contributed by atoms with van der Waals surface area (Å²) >= 11 is 2.26. The van der Waals surface area contributed by atoms with Gasteiger partial charge in [0.1, 0.15) is 0 Å². The van der Waals surface area contributed by atoms with E-state index < -0.39 is 0 Å². The van der Waals surface area contributed by atoms with Crippen LogP contribution in [0.25, 0.3) is 0 Å². The van der Waals surface area contributed by atoms with Crippen molar-refractivity contribution < 1.29 is 4.79 Å². The number of halogens is 2. The summed E-state index contributed by atoms with van der Waals surface area (Å²) in [6, 6.07) is 6.01. The van der Waals surface area contributed by atoms with Crippen molar-refractivity contribution in [3.8, 4) is 0 Å². The summed E-state index contributed by atoms with van der Waals surface area (Å²) in [5.41, 5.74) is 2.02. The molecule has 0 unspecified atom stereocenters. The highest BCUT2D eigenvalue weighted by Gasteiger charge is 2.24. The zero-order chi connectivity index (χ0) is 10.8. The van der Waals surface area contributed by atoms with Crippen LogP contribution in [0.5, 0.6) is 0 Å². The van der Waals surface area contributed by atoms with Gasteiger partial charge in [0.25, 0.3) is 0 Å². The normalized spacial score (nSPS) is 18.2. The molecule has 1 fully saturated rings. The van der Waals surface area contributed by atoms with Crippen LogP contribution in [0.15, 0.2) is 18.2 Å². The molecule has 0 radical (unpaired) electrons. The largest absolute Gasteiger partial charge is 0.324 e. The van der Waals surface area contributed by atoms with Gasteiger partial charge in [-0.25, -0.2) is 0 Å². The zero-order valence-electron chi connectivity index (χ0n) is 8.92. The molecule has 1 aromatic rings. The van der Waals surface area contributed by atoms with Crippen LogP contribution in [0, 0.1) is 10.5 Å². The van der Waals surface area contributed by atoms with Crippen LogP contribution < -0.4 is 10.6 Å². The van der Waals surface area contributed by atoms with Gasteiger partial charge in [-0.2, -0.15) is 0 Å². The Hall–Kier alpha value is -0.330. The molecule has 0 bridgehead atoms. The molecule has 1 saturated heterocycles. The third kappa shape index (κ3) is 3.09. The number of carbonyl (C=O) groups excluding carboxylic acids is 1. The molecule has 1 amide bonds. The molecule has 3 nitrogen and oxygen atoms in total. The lowest BCUT2D eigenvalue weighted by Gasteiger charge is -2.26. The van der Waals surface area contributed by atoms with Crippen LogP contribution in [-0.2, 0) is 4.79 Å². The van der Waals surface area contributed by atoms with Crippen molar-refractivity contribution in [2.75, 3.05) is 11.9 Å². The molecule has 0 spiro atoms. The number of hydrogen-bond donors (Lipinski definition) is 2. The van der Waals surface area contributed by atoms with Gasteiger partial charge in [0.05, 0.1) is 6.04 Å². The van der Waals surface area contributed by atoms with Crippen LogP contribution in [0.3, 0.4) is 0 Å². The molecule has 88 valence electrons. The average Bonchev–Trinajstić information content (AvgIpc) is 2.07. The Bertz CT molecular complexity index is 394. The summed E-state index contributed by atoms with van der Waals surface area (Å²) in [6.07, 6.45) is 0.940. The maximum atomic E-state index is 11.7. The van der Waals surface area contributed by atoms with Crippen LogP contribution in [-0.4, -0.2) is 18.5 Å². The van der Waals surface area contributed by atoms with E-state index >= 15 is 0 Å². The van der Waals surface area contributed by atoms with Gasteiger partial charge >= 0.3 is 0 Å². The van der Waals surface area contributed by atoms with Gasteiger partial charge in [-0.1, -0.05) is 0 Å². The first-order valence-corrected chi connectivity index (χ1v) is 6.05. The fourth-order valence-electron chi connectivity index (χ4n) is 1.50. The van der Waals surface area contributed by atoms with Gasteiger partial charge in [0, 0.05) is 9.26 Å². The molecule has 2 rings (SSSR count). The number of anilines is 1. The van der Waals surface area contributed by atoms with Gasteiger partial charge in [-0.05, 0) is 66.2 Å².